The van der Waals surface area contributed by atoms with E-state index in [2.05, 4.69) is 0 Å². The van der Waals surface area contributed by atoms with Crippen molar-refractivity contribution in [2.45, 2.75) is 38.3 Å². The van der Waals surface area contributed by atoms with Gasteiger partial charge in [-0.05, 0) is 49.2 Å². The van der Waals surface area contributed by atoms with E-state index in [4.69, 9.17) is 9.84 Å². The van der Waals surface area contributed by atoms with Crippen LogP contribution in [0.4, 0.5) is 0 Å². The highest BCUT2D eigenvalue weighted by Gasteiger charge is 2.35. The molecule has 0 spiro atoms. The van der Waals surface area contributed by atoms with Gasteiger partial charge in [0.2, 0.25) is 0 Å². The summed E-state index contributed by atoms with van der Waals surface area (Å²) in [6, 6.07) is 11.0. The van der Waals surface area contributed by atoms with Crippen molar-refractivity contribution < 1.29 is 40.2 Å². The number of phenolic OH excluding ortho intramolecular Hbond substituents is 2. The van der Waals surface area contributed by atoms with Crippen molar-refractivity contribution in [1.29, 1.82) is 0 Å². The Bertz CT molecular complexity index is 857. The van der Waals surface area contributed by atoms with Gasteiger partial charge >= 0.3 is 5.97 Å². The summed E-state index contributed by atoms with van der Waals surface area (Å²) in [7, 11) is 0. The number of phenols is 2. The van der Waals surface area contributed by atoms with Gasteiger partial charge in [0.25, 0.3) is 0 Å². The summed E-state index contributed by atoms with van der Waals surface area (Å²) in [5.41, 5.74) is 1.43. The average molecular weight is 418 g/mol. The fraction of sp³-hybridized carbons (Fsp3) is 0.318. The van der Waals surface area contributed by atoms with E-state index in [-0.39, 0.29) is 11.5 Å². The molecule has 8 nitrogen and oxygen atoms in total. The van der Waals surface area contributed by atoms with E-state index >= 15 is 0 Å². The second-order valence-electron chi connectivity index (χ2n) is 7.11. The third-order valence-electron chi connectivity index (χ3n) is 4.68. The van der Waals surface area contributed by atoms with E-state index in [9.17, 15) is 30.3 Å². The molecule has 2 aromatic carbocycles. The first-order valence-electron chi connectivity index (χ1n) is 9.33. The second-order valence-corrected chi connectivity index (χ2v) is 7.11. The highest BCUT2D eigenvalue weighted by molar-refractivity contribution is 5.71. The average Bonchev–Trinajstić information content (AvgIpc) is 2.70. The maximum Gasteiger partial charge on any atom is 0.308 e. The lowest BCUT2D eigenvalue weighted by Crippen LogP contribution is -2.48. The Morgan fingerprint density at radius 3 is 1.90 bits per heavy atom. The third-order valence-corrected chi connectivity index (χ3v) is 4.68. The molecule has 6 N–H and O–H groups in total. The van der Waals surface area contributed by atoms with Crippen LogP contribution in [0.1, 0.15) is 25.0 Å². The molecule has 0 amide bonds. The first-order chi connectivity index (χ1) is 14.1. The molecule has 2 rings (SSSR count). The topological polar surface area (TPSA) is 148 Å². The summed E-state index contributed by atoms with van der Waals surface area (Å²) in [6.07, 6.45) is -2.26. The molecule has 0 heterocycles. The molecule has 8 heteroatoms. The largest absolute Gasteiger partial charge is 0.508 e. The quantitative estimate of drug-likeness (QED) is 0.338. The summed E-state index contributed by atoms with van der Waals surface area (Å²) in [5, 5.41) is 58.0. The van der Waals surface area contributed by atoms with Crippen LogP contribution in [0.25, 0.3) is 12.2 Å². The zero-order valence-electron chi connectivity index (χ0n) is 16.6. The molecule has 0 saturated carbocycles. The standard InChI is InChI=1S/C22H26O8/c1-12(22(28)29)19(25)21(27)20(26)13(2)30-18-7-5-14(6-8-18)3-4-15-9-16(23)11-17(24)10-15/h3-13,19-21,23-27H,1-2H3,(H,28,29)/b4-3+. The van der Waals surface area contributed by atoms with Gasteiger partial charge < -0.3 is 35.4 Å². The Hall–Kier alpha value is -3.07. The number of hydrogen-bond acceptors (Lipinski definition) is 7. The van der Waals surface area contributed by atoms with E-state index in [0.717, 1.165) is 5.56 Å². The van der Waals surface area contributed by atoms with Gasteiger partial charge in [0.05, 0.1) is 12.0 Å². The lowest BCUT2D eigenvalue weighted by molar-refractivity contribution is -0.154. The molecule has 5 unspecified atom stereocenters. The summed E-state index contributed by atoms with van der Waals surface area (Å²) in [5.74, 6) is -2.22. The van der Waals surface area contributed by atoms with Crippen molar-refractivity contribution in [3.63, 3.8) is 0 Å². The van der Waals surface area contributed by atoms with Crippen LogP contribution < -0.4 is 4.74 Å². The van der Waals surface area contributed by atoms with Crippen molar-refractivity contribution in [3.05, 3.63) is 53.6 Å². The highest BCUT2D eigenvalue weighted by Crippen LogP contribution is 2.23. The Kier molecular flexibility index (Phi) is 7.82. The molecular weight excluding hydrogens is 392 g/mol. The minimum absolute atomic E-state index is 0.0454. The molecule has 2 aromatic rings. The highest BCUT2D eigenvalue weighted by atomic mass is 16.5. The van der Waals surface area contributed by atoms with Crippen LogP contribution in [0.3, 0.4) is 0 Å². The minimum atomic E-state index is -1.69. The molecule has 0 fully saturated rings. The Morgan fingerprint density at radius 2 is 1.37 bits per heavy atom. The molecule has 0 aliphatic heterocycles. The van der Waals surface area contributed by atoms with Gasteiger partial charge in [-0.1, -0.05) is 24.3 Å². The number of carbonyl (C=O) groups is 1. The van der Waals surface area contributed by atoms with Gasteiger partial charge in [0.15, 0.2) is 0 Å². The Balaban J connectivity index is 1.99. The molecule has 162 valence electrons. The maximum absolute atomic E-state index is 10.9. The van der Waals surface area contributed by atoms with Gasteiger partial charge in [-0.25, -0.2) is 0 Å². The number of hydrogen-bond donors (Lipinski definition) is 6. The number of aromatic hydroxyl groups is 2. The van der Waals surface area contributed by atoms with Crippen molar-refractivity contribution in [2.75, 3.05) is 0 Å². The van der Waals surface area contributed by atoms with Gasteiger partial charge in [-0.15, -0.1) is 0 Å². The first kappa shape index (κ1) is 23.2. The Morgan fingerprint density at radius 1 is 0.833 bits per heavy atom. The zero-order valence-corrected chi connectivity index (χ0v) is 16.6. The van der Waals surface area contributed by atoms with Crippen LogP contribution in [0, 0.1) is 5.92 Å². The first-order valence-corrected chi connectivity index (χ1v) is 9.33. The van der Waals surface area contributed by atoms with Crippen LogP contribution in [0.5, 0.6) is 17.2 Å². The fourth-order valence-electron chi connectivity index (χ4n) is 2.77. The van der Waals surface area contributed by atoms with Crippen LogP contribution in [-0.2, 0) is 4.79 Å². The van der Waals surface area contributed by atoms with Gasteiger partial charge in [-0.2, -0.15) is 0 Å². The monoisotopic (exact) mass is 418 g/mol. The van der Waals surface area contributed by atoms with E-state index in [1.807, 2.05) is 0 Å². The molecule has 30 heavy (non-hydrogen) atoms. The predicted octanol–water partition coefficient (Wildman–Crippen LogP) is 1.84. The maximum atomic E-state index is 10.9. The fourth-order valence-corrected chi connectivity index (χ4v) is 2.77. The van der Waals surface area contributed by atoms with Crippen LogP contribution in [0.2, 0.25) is 0 Å². The van der Waals surface area contributed by atoms with E-state index in [0.29, 0.717) is 11.3 Å². The molecular formula is C22H26O8. The summed E-state index contributed by atoms with van der Waals surface area (Å²) < 4.78 is 5.58. The minimum Gasteiger partial charge on any atom is -0.508 e. The van der Waals surface area contributed by atoms with E-state index in [1.165, 1.54) is 32.0 Å². The zero-order chi connectivity index (χ0) is 22.4. The normalized spacial score (nSPS) is 16.6. The van der Waals surface area contributed by atoms with E-state index < -0.39 is 36.3 Å². The number of benzene rings is 2. The smallest absolute Gasteiger partial charge is 0.308 e. The molecule has 0 aliphatic carbocycles. The number of ether oxygens (including phenoxy) is 1. The number of aliphatic hydroxyl groups is 3. The lowest BCUT2D eigenvalue weighted by Gasteiger charge is -2.29. The molecule has 0 aromatic heterocycles. The molecule has 0 saturated heterocycles. The third kappa shape index (κ3) is 6.21. The molecule has 0 bridgehead atoms. The van der Waals surface area contributed by atoms with Crippen molar-refractivity contribution in [3.8, 4) is 17.2 Å². The number of carboxylic acid groups (broad SMARTS) is 1. The Labute approximate surface area is 173 Å². The van der Waals surface area contributed by atoms with Crippen molar-refractivity contribution >= 4 is 18.1 Å². The predicted molar refractivity (Wildman–Crippen MR) is 110 cm³/mol. The van der Waals surface area contributed by atoms with Gasteiger partial charge in [0.1, 0.15) is 35.6 Å². The van der Waals surface area contributed by atoms with E-state index in [1.54, 1.807) is 36.4 Å². The summed E-state index contributed by atoms with van der Waals surface area (Å²) in [4.78, 5) is 10.9. The van der Waals surface area contributed by atoms with Crippen molar-refractivity contribution in [2.24, 2.45) is 5.92 Å². The lowest BCUT2D eigenvalue weighted by atomic mass is 9.94. The van der Waals surface area contributed by atoms with Crippen LogP contribution >= 0.6 is 0 Å². The molecule has 0 radical (unpaired) electrons. The number of carboxylic acids is 1. The second kappa shape index (κ2) is 10.1. The number of rotatable bonds is 9. The number of aliphatic hydroxyl groups excluding tert-OH is 3. The van der Waals surface area contributed by atoms with Crippen LogP contribution in [0.15, 0.2) is 42.5 Å². The van der Waals surface area contributed by atoms with Gasteiger partial charge in [0, 0.05) is 6.07 Å². The molecule has 0 aliphatic rings. The summed E-state index contributed by atoms with van der Waals surface area (Å²) >= 11 is 0. The number of aliphatic carboxylic acids is 1. The van der Waals surface area contributed by atoms with Gasteiger partial charge in [-0.3, -0.25) is 4.79 Å². The molecule has 5 atom stereocenters. The van der Waals surface area contributed by atoms with Crippen molar-refractivity contribution in [1.82, 2.24) is 0 Å². The SMILES string of the molecule is CC(Oc1ccc(/C=C/c2cc(O)cc(O)c2)cc1)C(O)C(O)C(O)C(C)C(=O)O. The van der Waals surface area contributed by atoms with Crippen LogP contribution in [-0.4, -0.2) is 61.0 Å². The summed E-state index contributed by atoms with van der Waals surface area (Å²) in [6.45, 7) is 2.73.